The topological polar surface area (TPSA) is 54.5 Å². The Morgan fingerprint density at radius 2 is 2.20 bits per heavy atom. The number of esters is 1. The minimum atomic E-state index is -0.438. The molecule has 1 N–H and O–H groups in total. The Bertz CT molecular complexity index is 559. The van der Waals surface area contributed by atoms with Crippen LogP contribution in [0.15, 0.2) is 11.6 Å². The molecule has 0 radical (unpaired) electrons. The molecule has 1 atom stereocenters. The predicted molar refractivity (Wildman–Crippen MR) is 103 cm³/mol. The number of aromatic nitrogens is 1. The van der Waals surface area contributed by atoms with E-state index in [9.17, 15) is 4.79 Å². The average Bonchev–Trinajstić information content (AvgIpc) is 3.02. The van der Waals surface area contributed by atoms with E-state index in [1.165, 1.54) is 31.4 Å². The fourth-order valence-electron chi connectivity index (χ4n) is 3.96. The highest BCUT2D eigenvalue weighted by atomic mass is 35.5. The monoisotopic (exact) mass is 387 g/mol. The van der Waals surface area contributed by atoms with Crippen LogP contribution >= 0.6 is 23.7 Å². The molecule has 25 heavy (non-hydrogen) atoms. The van der Waals surface area contributed by atoms with E-state index < -0.39 is 5.41 Å². The molecule has 7 heteroatoms. The van der Waals surface area contributed by atoms with Crippen LogP contribution in [0.1, 0.15) is 44.5 Å². The molecule has 1 spiro atoms. The summed E-state index contributed by atoms with van der Waals surface area (Å²) in [5.41, 5.74) is 0.0595. The summed E-state index contributed by atoms with van der Waals surface area (Å²) in [7, 11) is 1.47. The molecular formula is C18H30ClN3O2S. The molecule has 0 amide bonds. The summed E-state index contributed by atoms with van der Waals surface area (Å²) < 4.78 is 4.96. The van der Waals surface area contributed by atoms with Gasteiger partial charge in [0.05, 0.1) is 19.1 Å². The zero-order chi connectivity index (χ0) is 17.2. The lowest BCUT2D eigenvalue weighted by molar-refractivity contribution is -0.151. The highest BCUT2D eigenvalue weighted by molar-refractivity contribution is 7.09. The zero-order valence-corrected chi connectivity index (χ0v) is 17.0. The van der Waals surface area contributed by atoms with E-state index in [2.05, 4.69) is 15.2 Å². The molecule has 2 fully saturated rings. The summed E-state index contributed by atoms with van der Waals surface area (Å²) in [6.07, 6.45) is 6.53. The van der Waals surface area contributed by atoms with Gasteiger partial charge in [0.2, 0.25) is 0 Å². The molecule has 1 aliphatic heterocycles. The van der Waals surface area contributed by atoms with E-state index in [-0.39, 0.29) is 18.4 Å². The van der Waals surface area contributed by atoms with Gasteiger partial charge in [-0.15, -0.1) is 23.7 Å². The highest BCUT2D eigenvalue weighted by Gasteiger charge is 2.56. The van der Waals surface area contributed by atoms with E-state index >= 15 is 0 Å². The number of nitrogens with zero attached hydrogens (tertiary/aromatic N) is 2. The summed E-state index contributed by atoms with van der Waals surface area (Å²) >= 11 is 1.72. The van der Waals surface area contributed by atoms with Gasteiger partial charge in [0, 0.05) is 17.6 Å². The number of hydrogen-bond acceptors (Lipinski definition) is 6. The summed E-state index contributed by atoms with van der Waals surface area (Å²) in [4.78, 5) is 19.0. The summed E-state index contributed by atoms with van der Waals surface area (Å²) in [6.45, 7) is 8.04. The van der Waals surface area contributed by atoms with Crippen LogP contribution < -0.4 is 5.32 Å². The lowest BCUT2D eigenvalue weighted by Gasteiger charge is -2.31. The predicted octanol–water partition coefficient (Wildman–Crippen LogP) is 3.10. The molecule has 1 unspecified atom stereocenters. The van der Waals surface area contributed by atoms with Gasteiger partial charge in [-0.25, -0.2) is 4.98 Å². The van der Waals surface area contributed by atoms with Crippen LogP contribution in [0.2, 0.25) is 0 Å². The molecule has 1 aliphatic carbocycles. The van der Waals surface area contributed by atoms with Crippen LogP contribution in [0.4, 0.5) is 0 Å². The summed E-state index contributed by atoms with van der Waals surface area (Å²) in [6, 6.07) is 0.636. The molecule has 2 aliphatic rings. The minimum absolute atomic E-state index is 0. The number of halogens is 1. The van der Waals surface area contributed by atoms with E-state index in [4.69, 9.17) is 4.74 Å². The number of thiazole rings is 1. The quantitative estimate of drug-likeness (QED) is 0.728. The van der Waals surface area contributed by atoms with Crippen LogP contribution in [0.25, 0.3) is 0 Å². The molecule has 142 valence electrons. The van der Waals surface area contributed by atoms with Crippen LogP contribution in [0.3, 0.4) is 0 Å². The molecule has 1 saturated carbocycles. The van der Waals surface area contributed by atoms with Crippen LogP contribution in [0, 0.1) is 10.8 Å². The first-order chi connectivity index (χ1) is 11.5. The van der Waals surface area contributed by atoms with Crippen LogP contribution in [-0.4, -0.2) is 48.6 Å². The summed E-state index contributed by atoms with van der Waals surface area (Å²) in [5, 5.41) is 6.68. The molecule has 1 aromatic heterocycles. The second kappa shape index (κ2) is 8.33. The van der Waals surface area contributed by atoms with Gasteiger partial charge in [0.25, 0.3) is 0 Å². The standard InChI is InChI=1S/C18H29N3O2S.ClH/c1-17(2,16(22)23-3)6-10-21(13-15-20-9-11-24-15)14-12-18(14)4-7-19-8-5-18;/h9,11,14,19H,4-8,10,12-13H2,1-3H3;1H. The Morgan fingerprint density at radius 1 is 1.48 bits per heavy atom. The number of ether oxygens (including phenoxy) is 1. The fraction of sp³-hybridized carbons (Fsp3) is 0.778. The lowest BCUT2D eigenvalue weighted by atomic mass is 9.89. The van der Waals surface area contributed by atoms with Crippen molar-refractivity contribution < 1.29 is 9.53 Å². The number of rotatable bonds is 7. The Morgan fingerprint density at radius 3 is 2.80 bits per heavy atom. The first-order valence-electron chi connectivity index (χ1n) is 8.88. The van der Waals surface area contributed by atoms with Gasteiger partial charge in [0.1, 0.15) is 5.01 Å². The maximum atomic E-state index is 12.0. The van der Waals surface area contributed by atoms with E-state index in [0.29, 0.717) is 11.5 Å². The van der Waals surface area contributed by atoms with Crippen molar-refractivity contribution in [1.29, 1.82) is 0 Å². The summed E-state index contributed by atoms with van der Waals surface area (Å²) in [5.74, 6) is -0.121. The number of hydrogen-bond donors (Lipinski definition) is 1. The van der Waals surface area contributed by atoms with Crippen LogP contribution in [0.5, 0.6) is 0 Å². The van der Waals surface area contributed by atoms with Crippen molar-refractivity contribution in [2.45, 2.75) is 52.1 Å². The normalized spacial score (nSPS) is 21.8. The number of carbonyl (C=O) groups is 1. The third-order valence-corrected chi connectivity index (χ3v) is 6.53. The Balaban J connectivity index is 0.00000225. The SMILES string of the molecule is COC(=O)C(C)(C)CCN(Cc1nccs1)C1CC12CCNCC2.Cl. The van der Waals surface area contributed by atoms with E-state index in [1.54, 1.807) is 11.3 Å². The van der Waals surface area contributed by atoms with Crippen molar-refractivity contribution in [3.05, 3.63) is 16.6 Å². The van der Waals surface area contributed by atoms with Gasteiger partial charge in [-0.3, -0.25) is 9.69 Å². The Hall–Kier alpha value is -0.690. The third kappa shape index (κ3) is 4.73. The van der Waals surface area contributed by atoms with Crippen molar-refractivity contribution in [2.24, 2.45) is 10.8 Å². The average molecular weight is 388 g/mol. The maximum Gasteiger partial charge on any atom is 0.311 e. The Labute approximate surface area is 160 Å². The van der Waals surface area contributed by atoms with Gasteiger partial charge < -0.3 is 10.1 Å². The van der Waals surface area contributed by atoms with E-state index in [1.807, 2.05) is 25.4 Å². The van der Waals surface area contributed by atoms with Crippen molar-refractivity contribution >= 4 is 29.7 Å². The lowest BCUT2D eigenvalue weighted by Crippen LogP contribution is -2.38. The third-order valence-electron chi connectivity index (χ3n) is 5.77. The molecule has 0 aromatic carbocycles. The number of nitrogens with one attached hydrogen (secondary N) is 1. The largest absolute Gasteiger partial charge is 0.469 e. The second-order valence-corrected chi connectivity index (χ2v) is 8.83. The van der Waals surface area contributed by atoms with Crippen LogP contribution in [-0.2, 0) is 16.1 Å². The van der Waals surface area contributed by atoms with Gasteiger partial charge in [0.15, 0.2) is 0 Å². The first-order valence-corrected chi connectivity index (χ1v) is 9.76. The van der Waals surface area contributed by atoms with Gasteiger partial charge in [-0.1, -0.05) is 0 Å². The fourth-order valence-corrected chi connectivity index (χ4v) is 4.60. The van der Waals surface area contributed by atoms with Gasteiger partial charge in [-0.05, 0) is 64.6 Å². The van der Waals surface area contributed by atoms with E-state index in [0.717, 1.165) is 32.6 Å². The molecule has 5 nitrogen and oxygen atoms in total. The molecule has 1 saturated heterocycles. The number of carbonyl (C=O) groups excluding carboxylic acids is 1. The number of piperidine rings is 1. The Kier molecular flexibility index (Phi) is 6.87. The molecule has 2 heterocycles. The highest BCUT2D eigenvalue weighted by Crippen LogP contribution is 2.56. The first kappa shape index (κ1) is 20.6. The zero-order valence-electron chi connectivity index (χ0n) is 15.4. The van der Waals surface area contributed by atoms with Crippen molar-refractivity contribution in [1.82, 2.24) is 15.2 Å². The number of methoxy groups -OCH3 is 1. The smallest absolute Gasteiger partial charge is 0.311 e. The minimum Gasteiger partial charge on any atom is -0.469 e. The van der Waals surface area contributed by atoms with Crippen molar-refractivity contribution in [2.75, 3.05) is 26.7 Å². The molecule has 1 aromatic rings. The molecular weight excluding hydrogens is 358 g/mol. The van der Waals surface area contributed by atoms with Gasteiger partial charge >= 0.3 is 5.97 Å². The maximum absolute atomic E-state index is 12.0. The van der Waals surface area contributed by atoms with Crippen molar-refractivity contribution in [3.8, 4) is 0 Å². The second-order valence-electron chi connectivity index (χ2n) is 7.85. The molecule has 3 rings (SSSR count). The van der Waals surface area contributed by atoms with Gasteiger partial charge in [-0.2, -0.15) is 0 Å². The van der Waals surface area contributed by atoms with Crippen molar-refractivity contribution in [3.63, 3.8) is 0 Å². The molecule has 0 bridgehead atoms.